The molecule has 1 atom stereocenters. The molecule has 1 saturated heterocycles. The fourth-order valence-corrected chi connectivity index (χ4v) is 4.09. The molecule has 4 rings (SSSR count). The minimum atomic E-state index is -3.62. The van der Waals surface area contributed by atoms with Crippen molar-refractivity contribution in [3.8, 4) is 0 Å². The average molecular weight is 336 g/mol. The molecule has 7 nitrogen and oxygen atoms in total. The number of benzene rings is 1. The summed E-state index contributed by atoms with van der Waals surface area (Å²) >= 11 is 0. The molecule has 124 valence electrons. The van der Waals surface area contributed by atoms with Gasteiger partial charge in [-0.2, -0.15) is 8.42 Å². The maximum Gasteiger partial charge on any atom is 0.286 e. The van der Waals surface area contributed by atoms with E-state index in [1.54, 1.807) is 12.1 Å². The minimum absolute atomic E-state index is 0.219. The summed E-state index contributed by atoms with van der Waals surface area (Å²) in [5, 5.41) is 9.94. The SMILES string of the molecule is O=S1(=O)N=C(C2CC2)Nc2c(NCC3COCCN3)cccc21. The highest BCUT2D eigenvalue weighted by atomic mass is 32.2. The topological polar surface area (TPSA) is 91.8 Å². The van der Waals surface area contributed by atoms with E-state index in [1.807, 2.05) is 6.07 Å². The van der Waals surface area contributed by atoms with Crippen LogP contribution in [0.15, 0.2) is 27.5 Å². The highest BCUT2D eigenvalue weighted by Gasteiger charge is 2.35. The number of hydrogen-bond donors (Lipinski definition) is 3. The second-order valence-corrected chi connectivity index (χ2v) is 7.71. The molecule has 2 aliphatic heterocycles. The number of rotatable bonds is 4. The van der Waals surface area contributed by atoms with E-state index in [1.165, 1.54) is 0 Å². The fraction of sp³-hybridized carbons (Fsp3) is 0.533. The number of ether oxygens (including phenoxy) is 1. The van der Waals surface area contributed by atoms with Gasteiger partial charge in [-0.25, -0.2) is 0 Å². The lowest BCUT2D eigenvalue weighted by molar-refractivity contribution is 0.0806. The number of fused-ring (bicyclic) bond motifs is 1. The molecule has 2 fully saturated rings. The number of nitrogens with one attached hydrogen (secondary N) is 3. The van der Waals surface area contributed by atoms with Crippen molar-refractivity contribution in [3.63, 3.8) is 0 Å². The van der Waals surface area contributed by atoms with Gasteiger partial charge in [-0.15, -0.1) is 4.40 Å². The van der Waals surface area contributed by atoms with Crippen LogP contribution in [0.25, 0.3) is 0 Å². The van der Waals surface area contributed by atoms with Crippen LogP contribution in [-0.2, 0) is 14.8 Å². The van der Waals surface area contributed by atoms with E-state index >= 15 is 0 Å². The number of hydrogen-bond acceptors (Lipinski definition) is 6. The van der Waals surface area contributed by atoms with Crippen molar-refractivity contribution in [1.29, 1.82) is 0 Å². The second kappa shape index (κ2) is 5.77. The van der Waals surface area contributed by atoms with Crippen molar-refractivity contribution in [2.75, 3.05) is 36.9 Å². The van der Waals surface area contributed by atoms with Crippen LogP contribution < -0.4 is 16.0 Å². The zero-order valence-corrected chi connectivity index (χ0v) is 13.5. The molecule has 0 spiro atoms. The van der Waals surface area contributed by atoms with Gasteiger partial charge in [0.25, 0.3) is 10.0 Å². The molecule has 1 unspecified atom stereocenters. The Morgan fingerprint density at radius 3 is 2.96 bits per heavy atom. The normalized spacial score (nSPS) is 25.9. The molecule has 3 N–H and O–H groups in total. The molecule has 3 aliphatic rings. The van der Waals surface area contributed by atoms with Crippen molar-refractivity contribution in [2.24, 2.45) is 10.3 Å². The van der Waals surface area contributed by atoms with E-state index < -0.39 is 10.0 Å². The van der Waals surface area contributed by atoms with E-state index in [0.717, 1.165) is 31.7 Å². The molecule has 0 radical (unpaired) electrons. The predicted octanol–water partition coefficient (Wildman–Crippen LogP) is 1.01. The molecule has 23 heavy (non-hydrogen) atoms. The van der Waals surface area contributed by atoms with Gasteiger partial charge in [-0.1, -0.05) is 6.07 Å². The van der Waals surface area contributed by atoms with E-state index in [0.29, 0.717) is 24.7 Å². The van der Waals surface area contributed by atoms with Gasteiger partial charge < -0.3 is 20.7 Å². The maximum atomic E-state index is 12.4. The summed E-state index contributed by atoms with van der Waals surface area (Å²) in [7, 11) is -3.62. The lowest BCUT2D eigenvalue weighted by Gasteiger charge is -2.26. The summed E-state index contributed by atoms with van der Waals surface area (Å²) in [4.78, 5) is 0.236. The Labute approximate surface area is 135 Å². The Morgan fingerprint density at radius 2 is 2.22 bits per heavy atom. The standard InChI is InChI=1S/C15H20N4O3S/c20-23(21)13-3-1-2-12(17-8-11-9-22-7-6-16-11)14(13)18-15(19-23)10-4-5-10/h1-3,10-11,16-17H,4-9H2,(H,18,19). The first-order valence-corrected chi connectivity index (χ1v) is 9.37. The Balaban J connectivity index is 1.58. The lowest BCUT2D eigenvalue weighted by Crippen LogP contribution is -2.45. The fourth-order valence-electron chi connectivity index (χ4n) is 2.87. The lowest BCUT2D eigenvalue weighted by atomic mass is 10.2. The number of nitrogens with zero attached hydrogens (tertiary/aromatic N) is 1. The first-order chi connectivity index (χ1) is 11.1. The Bertz CT molecular complexity index is 737. The summed E-state index contributed by atoms with van der Waals surface area (Å²) < 4.78 is 34.1. The average Bonchev–Trinajstić information content (AvgIpc) is 3.38. The van der Waals surface area contributed by atoms with Crippen LogP contribution in [-0.4, -0.2) is 46.6 Å². The highest BCUT2D eigenvalue weighted by Crippen LogP contribution is 2.39. The van der Waals surface area contributed by atoms with Crippen molar-refractivity contribution < 1.29 is 13.2 Å². The van der Waals surface area contributed by atoms with E-state index in [-0.39, 0.29) is 16.9 Å². The Kier molecular flexibility index (Phi) is 3.74. The smallest absolute Gasteiger partial charge is 0.286 e. The molecule has 2 heterocycles. The number of para-hydroxylation sites is 1. The van der Waals surface area contributed by atoms with Crippen molar-refractivity contribution in [3.05, 3.63) is 18.2 Å². The Hall–Kier alpha value is -1.64. The first kappa shape index (κ1) is 14.9. The van der Waals surface area contributed by atoms with Crippen LogP contribution in [0.2, 0.25) is 0 Å². The first-order valence-electron chi connectivity index (χ1n) is 7.93. The number of amidine groups is 1. The third kappa shape index (κ3) is 3.06. The highest BCUT2D eigenvalue weighted by molar-refractivity contribution is 7.90. The summed E-state index contributed by atoms with van der Waals surface area (Å²) in [5.41, 5.74) is 1.40. The summed E-state index contributed by atoms with van der Waals surface area (Å²) in [6.07, 6.45) is 1.99. The zero-order valence-electron chi connectivity index (χ0n) is 12.7. The molecule has 1 aromatic rings. The number of anilines is 2. The van der Waals surface area contributed by atoms with Crippen LogP contribution in [0.5, 0.6) is 0 Å². The zero-order chi connectivity index (χ0) is 15.9. The van der Waals surface area contributed by atoms with Gasteiger partial charge in [0.15, 0.2) is 0 Å². The van der Waals surface area contributed by atoms with Gasteiger partial charge in [0.2, 0.25) is 0 Å². The van der Waals surface area contributed by atoms with Crippen LogP contribution in [0.3, 0.4) is 0 Å². The number of sulfonamides is 1. The molecule has 8 heteroatoms. The summed E-state index contributed by atoms with van der Waals surface area (Å²) in [6, 6.07) is 5.44. The molecule has 1 saturated carbocycles. The molecule has 1 aromatic carbocycles. The van der Waals surface area contributed by atoms with Gasteiger partial charge in [0, 0.05) is 25.0 Å². The molecular weight excluding hydrogens is 316 g/mol. The minimum Gasteiger partial charge on any atom is -0.382 e. The van der Waals surface area contributed by atoms with Gasteiger partial charge in [0.05, 0.1) is 24.6 Å². The maximum absolute atomic E-state index is 12.4. The van der Waals surface area contributed by atoms with Crippen LogP contribution in [0.4, 0.5) is 11.4 Å². The van der Waals surface area contributed by atoms with Crippen LogP contribution in [0.1, 0.15) is 12.8 Å². The van der Waals surface area contributed by atoms with Crippen LogP contribution in [0, 0.1) is 5.92 Å². The quantitative estimate of drug-likeness (QED) is 0.760. The van der Waals surface area contributed by atoms with Gasteiger partial charge in [-0.05, 0) is 25.0 Å². The largest absolute Gasteiger partial charge is 0.382 e. The summed E-state index contributed by atoms with van der Waals surface area (Å²) in [6.45, 7) is 2.90. The van der Waals surface area contributed by atoms with Gasteiger partial charge >= 0.3 is 0 Å². The number of morpholine rings is 1. The molecule has 0 amide bonds. The third-order valence-corrected chi connectivity index (χ3v) is 5.61. The molecule has 0 aromatic heterocycles. The second-order valence-electron chi connectivity index (χ2n) is 6.14. The monoisotopic (exact) mass is 336 g/mol. The van der Waals surface area contributed by atoms with E-state index in [9.17, 15) is 8.42 Å². The van der Waals surface area contributed by atoms with Gasteiger partial charge in [0.1, 0.15) is 10.7 Å². The third-order valence-electron chi connectivity index (χ3n) is 4.28. The van der Waals surface area contributed by atoms with E-state index in [4.69, 9.17) is 4.74 Å². The van der Waals surface area contributed by atoms with Crippen molar-refractivity contribution in [2.45, 2.75) is 23.8 Å². The summed E-state index contributed by atoms with van der Waals surface area (Å²) in [5.74, 6) is 0.824. The molecule has 0 bridgehead atoms. The van der Waals surface area contributed by atoms with E-state index in [2.05, 4.69) is 20.3 Å². The van der Waals surface area contributed by atoms with Gasteiger partial charge in [-0.3, -0.25) is 0 Å². The van der Waals surface area contributed by atoms with Crippen molar-refractivity contribution in [1.82, 2.24) is 5.32 Å². The molecular formula is C15H20N4O3S. The van der Waals surface area contributed by atoms with Crippen LogP contribution >= 0.6 is 0 Å². The Morgan fingerprint density at radius 1 is 1.35 bits per heavy atom. The van der Waals surface area contributed by atoms with Crippen molar-refractivity contribution >= 4 is 27.2 Å². The predicted molar refractivity (Wildman–Crippen MR) is 88.5 cm³/mol. The molecule has 1 aliphatic carbocycles.